The van der Waals surface area contributed by atoms with Crippen LogP contribution in [-0.2, 0) is 9.59 Å². The summed E-state index contributed by atoms with van der Waals surface area (Å²) < 4.78 is 0. The Morgan fingerprint density at radius 1 is 1.26 bits per heavy atom. The minimum atomic E-state index is -1.15. The highest BCUT2D eigenvalue weighted by atomic mass is 16.4. The van der Waals surface area contributed by atoms with Gasteiger partial charge in [-0.15, -0.1) is 0 Å². The lowest BCUT2D eigenvalue weighted by Crippen LogP contribution is -2.59. The molecule has 2 aliphatic rings. The summed E-state index contributed by atoms with van der Waals surface area (Å²) in [7, 11) is 0. The van der Waals surface area contributed by atoms with Gasteiger partial charge in [-0.05, 0) is 12.8 Å². The zero-order chi connectivity index (χ0) is 13.9. The monoisotopic (exact) mass is 269 g/mol. The van der Waals surface area contributed by atoms with E-state index in [0.29, 0.717) is 19.4 Å². The Bertz CT molecular complexity index is 390. The largest absolute Gasteiger partial charge is 0.480 e. The molecule has 19 heavy (non-hydrogen) atoms. The number of aliphatic carboxylic acids is 1. The number of urea groups is 1. The highest BCUT2D eigenvalue weighted by Crippen LogP contribution is 2.28. The van der Waals surface area contributed by atoms with E-state index in [9.17, 15) is 19.5 Å². The van der Waals surface area contributed by atoms with Crippen LogP contribution >= 0.6 is 0 Å². The van der Waals surface area contributed by atoms with Crippen molar-refractivity contribution >= 4 is 17.9 Å². The first-order valence-electron chi connectivity index (χ1n) is 6.61. The molecular weight excluding hydrogens is 250 g/mol. The summed E-state index contributed by atoms with van der Waals surface area (Å²) in [4.78, 5) is 34.3. The van der Waals surface area contributed by atoms with E-state index in [1.807, 2.05) is 0 Å². The van der Waals surface area contributed by atoms with E-state index in [4.69, 9.17) is 0 Å². The van der Waals surface area contributed by atoms with Gasteiger partial charge in [-0.25, -0.2) is 9.59 Å². The van der Waals surface area contributed by atoms with Gasteiger partial charge in [-0.3, -0.25) is 4.79 Å². The number of carbonyl (C=O) groups excluding carboxylic acids is 2. The van der Waals surface area contributed by atoms with Crippen LogP contribution in [0.4, 0.5) is 4.79 Å². The molecule has 1 atom stereocenters. The molecule has 2 rings (SSSR count). The fourth-order valence-corrected chi connectivity index (χ4v) is 2.69. The highest BCUT2D eigenvalue weighted by molar-refractivity contribution is 5.87. The van der Waals surface area contributed by atoms with Crippen LogP contribution in [0.3, 0.4) is 0 Å². The summed E-state index contributed by atoms with van der Waals surface area (Å²) in [6.07, 6.45) is 3.76. The number of carboxylic acid groups (broad SMARTS) is 1. The fraction of sp³-hybridized carbons (Fsp3) is 0.750. The summed E-state index contributed by atoms with van der Waals surface area (Å²) in [6, 6.07) is -0.771. The van der Waals surface area contributed by atoms with Crippen molar-refractivity contribution in [2.24, 2.45) is 0 Å². The van der Waals surface area contributed by atoms with Gasteiger partial charge in [0.2, 0.25) is 5.91 Å². The maximum Gasteiger partial charge on any atom is 0.329 e. The zero-order valence-corrected chi connectivity index (χ0v) is 10.7. The SMILES string of the molecule is O=C1CC(NC(=O)NC2(C(=O)O)CCCCC2)CN1. The second-order valence-electron chi connectivity index (χ2n) is 5.25. The first-order chi connectivity index (χ1) is 9.02. The molecule has 0 aromatic rings. The van der Waals surface area contributed by atoms with Crippen LogP contribution in [0.15, 0.2) is 0 Å². The summed E-state index contributed by atoms with van der Waals surface area (Å²) >= 11 is 0. The average molecular weight is 269 g/mol. The lowest BCUT2D eigenvalue weighted by atomic mass is 9.82. The van der Waals surface area contributed by atoms with Crippen molar-refractivity contribution in [3.05, 3.63) is 0 Å². The Morgan fingerprint density at radius 3 is 2.47 bits per heavy atom. The van der Waals surface area contributed by atoms with Crippen molar-refractivity contribution in [2.75, 3.05) is 6.54 Å². The molecule has 1 saturated heterocycles. The number of carbonyl (C=O) groups is 3. The minimum absolute atomic E-state index is 0.101. The molecule has 1 saturated carbocycles. The highest BCUT2D eigenvalue weighted by Gasteiger charge is 2.41. The molecule has 4 N–H and O–H groups in total. The van der Waals surface area contributed by atoms with Gasteiger partial charge in [-0.1, -0.05) is 19.3 Å². The quantitative estimate of drug-likeness (QED) is 0.576. The summed E-state index contributed by atoms with van der Waals surface area (Å²) in [5.74, 6) is -1.08. The molecule has 1 aliphatic heterocycles. The number of rotatable bonds is 3. The average Bonchev–Trinajstić information content (AvgIpc) is 2.75. The maximum absolute atomic E-state index is 11.9. The molecule has 0 radical (unpaired) electrons. The van der Waals surface area contributed by atoms with Crippen molar-refractivity contribution in [1.82, 2.24) is 16.0 Å². The van der Waals surface area contributed by atoms with Crippen LogP contribution in [-0.4, -0.2) is 41.1 Å². The second-order valence-corrected chi connectivity index (χ2v) is 5.25. The van der Waals surface area contributed by atoms with Gasteiger partial charge in [0.1, 0.15) is 5.54 Å². The van der Waals surface area contributed by atoms with E-state index in [0.717, 1.165) is 19.3 Å². The van der Waals surface area contributed by atoms with Crippen molar-refractivity contribution in [3.8, 4) is 0 Å². The molecule has 1 heterocycles. The smallest absolute Gasteiger partial charge is 0.329 e. The summed E-state index contributed by atoms with van der Waals surface area (Å²) in [5, 5.41) is 17.2. The van der Waals surface area contributed by atoms with Crippen LogP contribution < -0.4 is 16.0 Å². The van der Waals surface area contributed by atoms with Gasteiger partial charge in [0, 0.05) is 13.0 Å². The lowest BCUT2D eigenvalue weighted by molar-refractivity contribution is -0.145. The van der Waals surface area contributed by atoms with Crippen molar-refractivity contribution in [2.45, 2.75) is 50.1 Å². The number of nitrogens with one attached hydrogen (secondary N) is 3. The van der Waals surface area contributed by atoms with Crippen LogP contribution in [0.1, 0.15) is 38.5 Å². The van der Waals surface area contributed by atoms with E-state index in [-0.39, 0.29) is 18.4 Å². The fourth-order valence-electron chi connectivity index (χ4n) is 2.69. The molecule has 1 unspecified atom stereocenters. The Labute approximate surface area is 111 Å². The molecule has 0 spiro atoms. The van der Waals surface area contributed by atoms with Gasteiger partial charge in [0.05, 0.1) is 6.04 Å². The molecule has 3 amide bonds. The molecule has 0 bridgehead atoms. The second kappa shape index (κ2) is 5.46. The van der Waals surface area contributed by atoms with E-state index in [1.54, 1.807) is 0 Å². The predicted octanol–water partition coefficient (Wildman–Crippen LogP) is -0.0384. The van der Waals surface area contributed by atoms with E-state index in [2.05, 4.69) is 16.0 Å². The molecule has 2 fully saturated rings. The van der Waals surface area contributed by atoms with Crippen molar-refractivity contribution in [1.29, 1.82) is 0 Å². The molecular formula is C12H19N3O4. The molecule has 0 aromatic carbocycles. The lowest BCUT2D eigenvalue weighted by Gasteiger charge is -2.34. The molecule has 0 aromatic heterocycles. The predicted molar refractivity (Wildman–Crippen MR) is 66.5 cm³/mol. The third kappa shape index (κ3) is 3.15. The van der Waals surface area contributed by atoms with Crippen LogP contribution in [0.2, 0.25) is 0 Å². The van der Waals surface area contributed by atoms with Gasteiger partial charge in [-0.2, -0.15) is 0 Å². The normalized spacial score (nSPS) is 25.5. The Kier molecular flexibility index (Phi) is 3.92. The number of hydrogen-bond donors (Lipinski definition) is 4. The van der Waals surface area contributed by atoms with Gasteiger partial charge < -0.3 is 21.1 Å². The number of carboxylic acids is 1. The molecule has 7 nitrogen and oxygen atoms in total. The van der Waals surface area contributed by atoms with Crippen LogP contribution in [0.5, 0.6) is 0 Å². The van der Waals surface area contributed by atoms with Crippen LogP contribution in [0.25, 0.3) is 0 Å². The summed E-state index contributed by atoms with van der Waals surface area (Å²) in [6.45, 7) is 0.395. The summed E-state index contributed by atoms with van der Waals surface area (Å²) in [5.41, 5.74) is -1.15. The topological polar surface area (TPSA) is 108 Å². The third-order valence-corrected chi connectivity index (χ3v) is 3.78. The van der Waals surface area contributed by atoms with Crippen molar-refractivity contribution in [3.63, 3.8) is 0 Å². The van der Waals surface area contributed by atoms with E-state index >= 15 is 0 Å². The Morgan fingerprint density at radius 2 is 1.95 bits per heavy atom. The standard InChI is InChI=1S/C12H19N3O4/c16-9-6-8(7-13-9)14-11(19)15-12(10(17)18)4-2-1-3-5-12/h8H,1-7H2,(H,13,16)(H,17,18)(H2,14,15,19). The van der Waals surface area contributed by atoms with Gasteiger partial charge in [0.15, 0.2) is 0 Å². The van der Waals surface area contributed by atoms with E-state index in [1.165, 1.54) is 0 Å². The van der Waals surface area contributed by atoms with Crippen LogP contribution in [0, 0.1) is 0 Å². The third-order valence-electron chi connectivity index (χ3n) is 3.78. The van der Waals surface area contributed by atoms with Gasteiger partial charge in [0.25, 0.3) is 0 Å². The van der Waals surface area contributed by atoms with Gasteiger partial charge >= 0.3 is 12.0 Å². The first-order valence-corrected chi connectivity index (χ1v) is 6.61. The first kappa shape index (κ1) is 13.6. The minimum Gasteiger partial charge on any atom is -0.480 e. The Hall–Kier alpha value is -1.79. The number of hydrogen-bond acceptors (Lipinski definition) is 3. The molecule has 7 heteroatoms. The number of amides is 3. The van der Waals surface area contributed by atoms with E-state index < -0.39 is 17.5 Å². The molecule has 1 aliphatic carbocycles. The molecule has 106 valence electrons. The van der Waals surface area contributed by atoms with Crippen molar-refractivity contribution < 1.29 is 19.5 Å². The maximum atomic E-state index is 11.9. The Balaban J connectivity index is 1.91. The zero-order valence-electron chi connectivity index (χ0n) is 10.7.